The Balaban J connectivity index is 1.92. The fraction of sp³-hybridized carbons (Fsp3) is 0.750. The van der Waals surface area contributed by atoms with Gasteiger partial charge in [0.2, 0.25) is 0 Å². The van der Waals surface area contributed by atoms with Crippen LogP contribution in [-0.4, -0.2) is 73.6 Å². The van der Waals surface area contributed by atoms with E-state index in [1.807, 2.05) is 6.92 Å². The van der Waals surface area contributed by atoms with Crippen molar-refractivity contribution in [3.63, 3.8) is 0 Å². The van der Waals surface area contributed by atoms with Gasteiger partial charge >= 0.3 is 0 Å². The monoisotopic (exact) mass is 338 g/mol. The van der Waals surface area contributed by atoms with Crippen LogP contribution in [0.4, 0.5) is 0 Å². The summed E-state index contributed by atoms with van der Waals surface area (Å²) in [7, 11) is 4.39. The highest BCUT2D eigenvalue weighted by molar-refractivity contribution is 7.11. The summed E-state index contributed by atoms with van der Waals surface area (Å²) in [4.78, 5) is 15.2. The van der Waals surface area contributed by atoms with Crippen molar-refractivity contribution >= 4 is 17.3 Å². The van der Waals surface area contributed by atoms with Gasteiger partial charge in [-0.1, -0.05) is 0 Å². The molecule has 2 N–H and O–H groups in total. The molecular formula is C16H30N6S. The maximum atomic E-state index is 4.72. The summed E-state index contributed by atoms with van der Waals surface area (Å²) in [5.41, 5.74) is 1.10. The molecule has 23 heavy (non-hydrogen) atoms. The van der Waals surface area contributed by atoms with Crippen LogP contribution in [-0.2, 0) is 6.54 Å². The van der Waals surface area contributed by atoms with Crippen LogP contribution in [0.2, 0.25) is 0 Å². The van der Waals surface area contributed by atoms with E-state index in [4.69, 9.17) is 4.99 Å². The smallest absolute Gasteiger partial charge is 0.191 e. The van der Waals surface area contributed by atoms with Crippen molar-refractivity contribution in [2.24, 2.45) is 4.99 Å². The number of likely N-dealkylation sites (N-methyl/N-ethyl adjacent to an activating group) is 2. The fourth-order valence-electron chi connectivity index (χ4n) is 2.75. The van der Waals surface area contributed by atoms with Crippen LogP contribution in [0.5, 0.6) is 0 Å². The zero-order valence-corrected chi connectivity index (χ0v) is 15.8. The molecule has 6 nitrogen and oxygen atoms in total. The largest absolute Gasteiger partial charge is 0.357 e. The minimum absolute atomic E-state index is 0.519. The number of aryl methyl sites for hydroxylation is 2. The van der Waals surface area contributed by atoms with Crippen LogP contribution in [0.25, 0.3) is 0 Å². The number of rotatable bonds is 5. The molecule has 130 valence electrons. The van der Waals surface area contributed by atoms with E-state index in [1.165, 1.54) is 4.88 Å². The molecule has 0 bridgehead atoms. The van der Waals surface area contributed by atoms with Crippen LogP contribution in [0.3, 0.4) is 0 Å². The van der Waals surface area contributed by atoms with Crippen molar-refractivity contribution in [1.29, 1.82) is 0 Å². The number of piperazine rings is 1. The van der Waals surface area contributed by atoms with Crippen molar-refractivity contribution in [3.8, 4) is 0 Å². The van der Waals surface area contributed by atoms with Crippen LogP contribution >= 0.6 is 11.3 Å². The number of nitrogens with one attached hydrogen (secondary N) is 2. The Morgan fingerprint density at radius 2 is 2.09 bits per heavy atom. The van der Waals surface area contributed by atoms with Crippen molar-refractivity contribution in [2.45, 2.75) is 33.4 Å². The quantitative estimate of drug-likeness (QED) is 0.621. The minimum atomic E-state index is 0.519. The van der Waals surface area contributed by atoms with Gasteiger partial charge in [0.1, 0.15) is 0 Å². The molecule has 1 aliphatic heterocycles. The van der Waals surface area contributed by atoms with Gasteiger partial charge in [0.25, 0.3) is 0 Å². The molecule has 7 heteroatoms. The molecule has 1 unspecified atom stereocenters. The van der Waals surface area contributed by atoms with E-state index in [1.54, 1.807) is 11.3 Å². The van der Waals surface area contributed by atoms with E-state index in [9.17, 15) is 0 Å². The lowest BCUT2D eigenvalue weighted by Crippen LogP contribution is -2.55. The highest BCUT2D eigenvalue weighted by atomic mass is 32.1. The molecule has 2 rings (SSSR count). The SMILES string of the molecule is CCNC(=NCc1sc(C)nc1C)NCC1CN(C)CCN1C. The lowest BCUT2D eigenvalue weighted by molar-refractivity contribution is 0.116. The summed E-state index contributed by atoms with van der Waals surface area (Å²) < 4.78 is 0. The Bertz CT molecular complexity index is 527. The highest BCUT2D eigenvalue weighted by Crippen LogP contribution is 2.17. The molecule has 1 aromatic rings. The zero-order valence-electron chi connectivity index (χ0n) is 15.0. The average Bonchev–Trinajstić information content (AvgIpc) is 2.83. The van der Waals surface area contributed by atoms with E-state index in [0.29, 0.717) is 12.6 Å². The Labute approximate surface area is 144 Å². The highest BCUT2D eigenvalue weighted by Gasteiger charge is 2.22. The normalized spacial score (nSPS) is 20.7. The number of aliphatic imine (C=N–C) groups is 1. The van der Waals surface area contributed by atoms with Crippen molar-refractivity contribution < 1.29 is 0 Å². The molecule has 1 fully saturated rings. The molecule has 1 aromatic heterocycles. The maximum absolute atomic E-state index is 4.72. The molecule has 0 amide bonds. The van der Waals surface area contributed by atoms with Gasteiger partial charge in [-0.2, -0.15) is 0 Å². The summed E-state index contributed by atoms with van der Waals surface area (Å²) in [5.74, 6) is 0.888. The maximum Gasteiger partial charge on any atom is 0.191 e. The van der Waals surface area contributed by atoms with E-state index < -0.39 is 0 Å². The van der Waals surface area contributed by atoms with Gasteiger partial charge in [0.15, 0.2) is 5.96 Å². The molecule has 1 aliphatic rings. The molecule has 0 spiro atoms. The number of hydrogen-bond donors (Lipinski definition) is 2. The first-order valence-electron chi connectivity index (χ1n) is 8.33. The molecular weight excluding hydrogens is 308 g/mol. The third-order valence-electron chi connectivity index (χ3n) is 4.21. The third kappa shape index (κ3) is 5.44. The van der Waals surface area contributed by atoms with Crippen molar-refractivity contribution in [1.82, 2.24) is 25.4 Å². The number of thiazole rings is 1. The molecule has 1 saturated heterocycles. The number of aromatic nitrogens is 1. The van der Waals surface area contributed by atoms with Crippen LogP contribution in [0.15, 0.2) is 4.99 Å². The first-order valence-corrected chi connectivity index (χ1v) is 9.15. The summed E-state index contributed by atoms with van der Waals surface area (Å²) in [6.07, 6.45) is 0. The Kier molecular flexibility index (Phi) is 6.80. The standard InChI is InChI=1S/C16H30N6S/c1-6-17-16(19-10-15-12(2)20-13(3)23-15)18-9-14-11-21(4)7-8-22(14)5/h14H,6-11H2,1-5H3,(H2,17,18,19). The molecule has 0 saturated carbocycles. The predicted octanol–water partition coefficient (Wildman–Crippen LogP) is 1.06. The Morgan fingerprint density at radius 3 is 2.74 bits per heavy atom. The van der Waals surface area contributed by atoms with Gasteiger partial charge in [0.05, 0.1) is 17.2 Å². The van der Waals surface area contributed by atoms with Gasteiger partial charge in [-0.25, -0.2) is 9.98 Å². The number of guanidine groups is 1. The summed E-state index contributed by atoms with van der Waals surface area (Å²) in [6, 6.07) is 0.519. The number of hydrogen-bond acceptors (Lipinski definition) is 5. The Hall–Kier alpha value is -1.18. The first-order chi connectivity index (χ1) is 11.0. The topological polar surface area (TPSA) is 55.8 Å². The van der Waals surface area contributed by atoms with Crippen LogP contribution < -0.4 is 10.6 Å². The molecule has 1 atom stereocenters. The van der Waals surface area contributed by atoms with Gasteiger partial charge in [0, 0.05) is 43.6 Å². The average molecular weight is 339 g/mol. The lowest BCUT2D eigenvalue weighted by Gasteiger charge is -2.37. The summed E-state index contributed by atoms with van der Waals surface area (Å²) in [6.45, 7) is 12.0. The van der Waals surface area contributed by atoms with Gasteiger partial charge in [-0.15, -0.1) is 11.3 Å². The van der Waals surface area contributed by atoms with E-state index in [2.05, 4.69) is 53.4 Å². The number of nitrogens with zero attached hydrogens (tertiary/aromatic N) is 4. The molecule has 2 heterocycles. The second-order valence-corrected chi connectivity index (χ2v) is 7.50. The van der Waals surface area contributed by atoms with Crippen LogP contribution in [0, 0.1) is 13.8 Å². The van der Waals surface area contributed by atoms with Crippen molar-refractivity contribution in [2.75, 3.05) is 46.8 Å². The minimum Gasteiger partial charge on any atom is -0.357 e. The van der Waals surface area contributed by atoms with Crippen molar-refractivity contribution in [3.05, 3.63) is 15.6 Å². The Morgan fingerprint density at radius 1 is 1.30 bits per heavy atom. The van der Waals surface area contributed by atoms with E-state index in [-0.39, 0.29) is 0 Å². The van der Waals surface area contributed by atoms with Gasteiger partial charge < -0.3 is 15.5 Å². The van der Waals surface area contributed by atoms with Crippen LogP contribution in [0.1, 0.15) is 22.5 Å². The molecule has 0 aromatic carbocycles. The van der Waals surface area contributed by atoms with Gasteiger partial charge in [-0.3, -0.25) is 4.90 Å². The van der Waals surface area contributed by atoms with Gasteiger partial charge in [-0.05, 0) is 34.9 Å². The lowest BCUT2D eigenvalue weighted by atomic mass is 10.2. The second kappa shape index (κ2) is 8.61. The predicted molar refractivity (Wildman–Crippen MR) is 98.3 cm³/mol. The first kappa shape index (κ1) is 18.2. The summed E-state index contributed by atoms with van der Waals surface area (Å²) in [5, 5.41) is 7.94. The zero-order chi connectivity index (χ0) is 16.8. The molecule has 0 aliphatic carbocycles. The fourth-order valence-corrected chi connectivity index (χ4v) is 3.61. The van der Waals surface area contributed by atoms with E-state index >= 15 is 0 Å². The third-order valence-corrected chi connectivity index (χ3v) is 5.27. The van der Waals surface area contributed by atoms with E-state index in [0.717, 1.165) is 49.4 Å². The summed E-state index contributed by atoms with van der Waals surface area (Å²) >= 11 is 1.73. The second-order valence-electron chi connectivity index (χ2n) is 6.21. The molecule has 0 radical (unpaired) electrons.